The van der Waals surface area contributed by atoms with Crippen molar-refractivity contribution in [2.24, 2.45) is 0 Å². The van der Waals surface area contributed by atoms with Gasteiger partial charge in [0.1, 0.15) is 0 Å². The lowest BCUT2D eigenvalue weighted by molar-refractivity contribution is -0.115. The summed E-state index contributed by atoms with van der Waals surface area (Å²) < 4.78 is 0. The van der Waals surface area contributed by atoms with Crippen molar-refractivity contribution in [1.29, 1.82) is 0 Å². The first-order chi connectivity index (χ1) is 10.7. The predicted octanol–water partition coefficient (Wildman–Crippen LogP) is 2.97. The van der Waals surface area contributed by atoms with Crippen LogP contribution in [0, 0.1) is 0 Å². The molecule has 0 unspecified atom stereocenters. The van der Waals surface area contributed by atoms with Crippen LogP contribution in [-0.2, 0) is 11.2 Å². The number of hydrogen-bond donors (Lipinski definition) is 2. The van der Waals surface area contributed by atoms with E-state index in [9.17, 15) is 4.79 Å². The number of nitrogens with zero attached hydrogens (tertiary/aromatic N) is 2. The summed E-state index contributed by atoms with van der Waals surface area (Å²) in [4.78, 5) is 18.7. The highest BCUT2D eigenvalue weighted by molar-refractivity contribution is 7.13. The summed E-state index contributed by atoms with van der Waals surface area (Å²) >= 11 is 1.51. The lowest BCUT2D eigenvalue weighted by Gasteiger charge is -2.17. The molecule has 0 atom stereocenters. The monoisotopic (exact) mass is 316 g/mol. The topological polar surface area (TPSA) is 57.3 Å². The Labute approximate surface area is 134 Å². The Morgan fingerprint density at radius 2 is 2.00 bits per heavy atom. The summed E-state index contributed by atoms with van der Waals surface area (Å²) in [6, 6.07) is 8.07. The predicted molar refractivity (Wildman–Crippen MR) is 91.9 cm³/mol. The second-order valence-corrected chi connectivity index (χ2v) is 6.22. The van der Waals surface area contributed by atoms with Crippen LogP contribution >= 0.6 is 11.3 Å². The number of carbonyl (C=O) groups is 1. The summed E-state index contributed by atoms with van der Waals surface area (Å²) in [5.41, 5.74) is 2.85. The highest BCUT2D eigenvalue weighted by Crippen LogP contribution is 2.22. The molecule has 2 N–H and O–H groups in total. The molecule has 3 rings (SSSR count). The van der Waals surface area contributed by atoms with E-state index in [2.05, 4.69) is 32.7 Å². The van der Waals surface area contributed by atoms with E-state index in [1.165, 1.54) is 29.9 Å². The van der Waals surface area contributed by atoms with Gasteiger partial charge in [0.15, 0.2) is 5.13 Å². The van der Waals surface area contributed by atoms with Crippen molar-refractivity contribution in [1.82, 2.24) is 4.98 Å². The van der Waals surface area contributed by atoms with E-state index in [0.717, 1.165) is 29.6 Å². The average Bonchev–Trinajstić information content (AvgIpc) is 3.19. The Morgan fingerprint density at radius 3 is 2.64 bits per heavy atom. The van der Waals surface area contributed by atoms with Crippen LogP contribution < -0.4 is 15.5 Å². The molecule has 5 nitrogen and oxygen atoms in total. The molecule has 0 bridgehead atoms. The van der Waals surface area contributed by atoms with Crippen molar-refractivity contribution >= 4 is 33.8 Å². The first-order valence-corrected chi connectivity index (χ1v) is 8.39. The number of carbonyl (C=O) groups excluding carboxylic acids is 1. The van der Waals surface area contributed by atoms with Gasteiger partial charge in [0.25, 0.3) is 0 Å². The first kappa shape index (κ1) is 14.8. The standard InChI is InChI=1S/C16H20N4OS/c1-17-16-19-13(11-22-16)10-15(21)18-12-4-6-14(7-5-12)20-8-2-3-9-20/h4-7,11H,2-3,8-10H2,1H3,(H,17,19)(H,18,21). The van der Waals surface area contributed by atoms with E-state index in [4.69, 9.17) is 0 Å². The third-order valence-corrected chi connectivity index (χ3v) is 4.64. The summed E-state index contributed by atoms with van der Waals surface area (Å²) in [7, 11) is 1.82. The molecule has 1 aromatic heterocycles. The lowest BCUT2D eigenvalue weighted by atomic mass is 10.2. The van der Waals surface area contributed by atoms with Crippen molar-refractivity contribution in [3.63, 3.8) is 0 Å². The highest BCUT2D eigenvalue weighted by atomic mass is 32.1. The normalized spacial score (nSPS) is 14.1. The molecule has 1 saturated heterocycles. The van der Waals surface area contributed by atoms with Gasteiger partial charge < -0.3 is 15.5 Å². The van der Waals surface area contributed by atoms with Crippen molar-refractivity contribution in [2.45, 2.75) is 19.3 Å². The molecular formula is C16H20N4OS. The minimum absolute atomic E-state index is 0.0399. The van der Waals surface area contributed by atoms with Gasteiger partial charge in [-0.1, -0.05) is 0 Å². The van der Waals surface area contributed by atoms with Gasteiger partial charge in [0.05, 0.1) is 12.1 Å². The molecule has 2 aromatic rings. The second-order valence-electron chi connectivity index (χ2n) is 5.36. The maximum absolute atomic E-state index is 12.0. The molecule has 0 aliphatic carbocycles. The number of amides is 1. The lowest BCUT2D eigenvalue weighted by Crippen LogP contribution is -2.18. The largest absolute Gasteiger partial charge is 0.372 e. The number of thiazole rings is 1. The fourth-order valence-corrected chi connectivity index (χ4v) is 3.28. The van der Waals surface area contributed by atoms with Crippen LogP contribution in [0.2, 0.25) is 0 Å². The fourth-order valence-electron chi connectivity index (χ4n) is 2.60. The van der Waals surface area contributed by atoms with Crippen molar-refractivity contribution < 1.29 is 4.79 Å². The van der Waals surface area contributed by atoms with Gasteiger partial charge in [-0.05, 0) is 37.1 Å². The molecule has 1 aliphatic rings. The average molecular weight is 316 g/mol. The van der Waals surface area contributed by atoms with Crippen LogP contribution in [-0.4, -0.2) is 31.0 Å². The molecule has 1 amide bonds. The maximum atomic E-state index is 12.0. The quantitative estimate of drug-likeness (QED) is 0.890. The number of anilines is 3. The molecule has 1 aliphatic heterocycles. The van der Waals surface area contributed by atoms with Gasteiger partial charge in [-0.2, -0.15) is 0 Å². The Bertz CT molecular complexity index is 632. The van der Waals surface area contributed by atoms with E-state index in [0.29, 0.717) is 6.42 Å². The SMILES string of the molecule is CNc1nc(CC(=O)Nc2ccc(N3CCCC3)cc2)cs1. The van der Waals surface area contributed by atoms with Crippen LogP contribution in [0.3, 0.4) is 0 Å². The fraction of sp³-hybridized carbons (Fsp3) is 0.375. The van der Waals surface area contributed by atoms with Crippen LogP contribution in [0.15, 0.2) is 29.6 Å². The zero-order valence-corrected chi connectivity index (χ0v) is 13.4. The Kier molecular flexibility index (Phi) is 4.58. The second kappa shape index (κ2) is 6.79. The molecule has 0 radical (unpaired) electrons. The maximum Gasteiger partial charge on any atom is 0.230 e. The first-order valence-electron chi connectivity index (χ1n) is 7.51. The van der Waals surface area contributed by atoms with E-state index in [-0.39, 0.29) is 5.91 Å². The number of nitrogens with one attached hydrogen (secondary N) is 2. The number of rotatable bonds is 5. The minimum atomic E-state index is -0.0399. The number of benzene rings is 1. The molecule has 1 fully saturated rings. The Balaban J connectivity index is 1.56. The van der Waals surface area contributed by atoms with Crippen molar-refractivity contribution in [2.75, 3.05) is 35.7 Å². The van der Waals surface area contributed by atoms with Gasteiger partial charge in [0.2, 0.25) is 5.91 Å². The van der Waals surface area contributed by atoms with Crippen LogP contribution in [0.1, 0.15) is 18.5 Å². The molecular weight excluding hydrogens is 296 g/mol. The number of hydrogen-bond acceptors (Lipinski definition) is 5. The summed E-state index contributed by atoms with van der Waals surface area (Å²) in [5.74, 6) is -0.0399. The molecule has 0 saturated carbocycles. The van der Waals surface area contributed by atoms with E-state index in [1.54, 1.807) is 0 Å². The molecule has 116 valence electrons. The Morgan fingerprint density at radius 1 is 1.27 bits per heavy atom. The minimum Gasteiger partial charge on any atom is -0.372 e. The Hall–Kier alpha value is -2.08. The summed E-state index contributed by atoms with van der Waals surface area (Å²) in [6.07, 6.45) is 2.83. The van der Waals surface area contributed by atoms with Crippen molar-refractivity contribution in [3.8, 4) is 0 Å². The third-order valence-electron chi connectivity index (χ3n) is 3.73. The van der Waals surface area contributed by atoms with Gasteiger partial charge in [-0.15, -0.1) is 11.3 Å². The number of aromatic nitrogens is 1. The van der Waals surface area contributed by atoms with Gasteiger partial charge >= 0.3 is 0 Å². The molecule has 1 aromatic carbocycles. The van der Waals surface area contributed by atoms with Crippen LogP contribution in [0.25, 0.3) is 0 Å². The summed E-state index contributed by atoms with van der Waals surface area (Å²) in [5, 5.41) is 8.63. The van der Waals surface area contributed by atoms with E-state index in [1.807, 2.05) is 24.6 Å². The van der Waals surface area contributed by atoms with Crippen molar-refractivity contribution in [3.05, 3.63) is 35.3 Å². The highest BCUT2D eigenvalue weighted by Gasteiger charge is 2.12. The van der Waals surface area contributed by atoms with Crippen LogP contribution in [0.5, 0.6) is 0 Å². The van der Waals surface area contributed by atoms with E-state index < -0.39 is 0 Å². The third kappa shape index (κ3) is 3.57. The zero-order chi connectivity index (χ0) is 15.4. The molecule has 22 heavy (non-hydrogen) atoms. The smallest absolute Gasteiger partial charge is 0.230 e. The van der Waals surface area contributed by atoms with Gasteiger partial charge in [0, 0.05) is 36.9 Å². The van der Waals surface area contributed by atoms with Gasteiger partial charge in [-0.3, -0.25) is 4.79 Å². The summed E-state index contributed by atoms with van der Waals surface area (Å²) in [6.45, 7) is 2.26. The van der Waals surface area contributed by atoms with Gasteiger partial charge in [-0.25, -0.2) is 4.98 Å². The van der Waals surface area contributed by atoms with E-state index >= 15 is 0 Å². The molecule has 6 heteroatoms. The molecule has 2 heterocycles. The zero-order valence-electron chi connectivity index (χ0n) is 12.6. The molecule has 0 spiro atoms. The van der Waals surface area contributed by atoms with Crippen LogP contribution in [0.4, 0.5) is 16.5 Å².